The van der Waals surface area contributed by atoms with E-state index < -0.39 is 39.6 Å². The van der Waals surface area contributed by atoms with Gasteiger partial charge in [0.15, 0.2) is 9.84 Å². The summed E-state index contributed by atoms with van der Waals surface area (Å²) >= 11 is 0. The minimum absolute atomic E-state index is 0.0428. The Hall–Kier alpha value is -2.79. The molecule has 1 aliphatic rings. The van der Waals surface area contributed by atoms with Crippen LogP contribution in [0.1, 0.15) is 5.56 Å². The summed E-state index contributed by atoms with van der Waals surface area (Å²) < 4.78 is 61.2. The number of anilines is 3. The van der Waals surface area contributed by atoms with E-state index in [1.807, 2.05) is 0 Å². The first-order valence-electron chi connectivity index (χ1n) is 8.98. The van der Waals surface area contributed by atoms with Crippen LogP contribution in [0.4, 0.5) is 30.2 Å². The average molecular weight is 443 g/mol. The SMILES string of the molecule is O=C(CNc1ccc(NC2CS(=O)(=O)CC2O)cc1)Nc1cccc(C(F)(F)F)c1. The van der Waals surface area contributed by atoms with Gasteiger partial charge in [-0.3, -0.25) is 4.79 Å². The molecule has 162 valence electrons. The average Bonchev–Trinajstić information content (AvgIpc) is 2.92. The zero-order chi connectivity index (χ0) is 21.9. The molecule has 1 amide bonds. The van der Waals surface area contributed by atoms with Gasteiger partial charge in [0, 0.05) is 17.1 Å². The maximum Gasteiger partial charge on any atom is 0.416 e. The van der Waals surface area contributed by atoms with Gasteiger partial charge in [0.2, 0.25) is 5.91 Å². The lowest BCUT2D eigenvalue weighted by molar-refractivity contribution is -0.137. The summed E-state index contributed by atoms with van der Waals surface area (Å²) in [6.07, 6.45) is -5.47. The molecule has 7 nitrogen and oxygen atoms in total. The molecule has 2 unspecified atom stereocenters. The first kappa shape index (κ1) is 21.9. The molecule has 2 atom stereocenters. The highest BCUT2D eigenvalue weighted by Gasteiger charge is 2.36. The second-order valence-corrected chi connectivity index (χ2v) is 9.11. The Balaban J connectivity index is 1.51. The first-order chi connectivity index (χ1) is 14.0. The topological polar surface area (TPSA) is 108 Å². The second-order valence-electron chi connectivity index (χ2n) is 6.95. The Morgan fingerprint density at radius 2 is 1.70 bits per heavy atom. The third kappa shape index (κ3) is 5.86. The van der Waals surface area contributed by atoms with Gasteiger partial charge in [-0.1, -0.05) is 6.07 Å². The molecule has 2 aromatic rings. The maximum atomic E-state index is 12.7. The Morgan fingerprint density at radius 3 is 2.30 bits per heavy atom. The van der Waals surface area contributed by atoms with Crippen molar-refractivity contribution in [1.82, 2.24) is 0 Å². The van der Waals surface area contributed by atoms with Crippen LogP contribution in [-0.2, 0) is 20.8 Å². The maximum absolute atomic E-state index is 12.7. The van der Waals surface area contributed by atoms with Crippen LogP contribution < -0.4 is 16.0 Å². The van der Waals surface area contributed by atoms with Crippen molar-refractivity contribution in [2.45, 2.75) is 18.3 Å². The molecule has 30 heavy (non-hydrogen) atoms. The highest BCUT2D eigenvalue weighted by molar-refractivity contribution is 7.91. The standard InChI is InChI=1S/C19H20F3N3O4S/c20-19(21,22)12-2-1-3-15(8-12)25-18(27)9-23-13-4-6-14(7-5-13)24-16-10-30(28,29)11-17(16)26/h1-8,16-17,23-24,26H,9-11H2,(H,25,27). The predicted octanol–water partition coefficient (Wildman–Crippen LogP) is 2.33. The summed E-state index contributed by atoms with van der Waals surface area (Å²) in [5, 5.41) is 18.0. The number of aliphatic hydroxyl groups is 1. The molecule has 0 radical (unpaired) electrons. The fourth-order valence-electron chi connectivity index (χ4n) is 3.03. The molecule has 0 saturated carbocycles. The van der Waals surface area contributed by atoms with Gasteiger partial charge in [-0.05, 0) is 42.5 Å². The van der Waals surface area contributed by atoms with Gasteiger partial charge in [0.1, 0.15) is 0 Å². The number of carbonyl (C=O) groups is 1. The van der Waals surface area contributed by atoms with E-state index in [9.17, 15) is 31.5 Å². The van der Waals surface area contributed by atoms with Crippen molar-refractivity contribution in [3.63, 3.8) is 0 Å². The smallest absolute Gasteiger partial charge is 0.390 e. The number of hydrogen-bond donors (Lipinski definition) is 4. The van der Waals surface area contributed by atoms with Gasteiger partial charge in [-0.15, -0.1) is 0 Å². The number of nitrogens with one attached hydrogen (secondary N) is 3. The van der Waals surface area contributed by atoms with Crippen molar-refractivity contribution in [1.29, 1.82) is 0 Å². The number of aliphatic hydroxyl groups excluding tert-OH is 1. The summed E-state index contributed by atoms with van der Waals surface area (Å²) in [6.45, 7) is -0.164. The van der Waals surface area contributed by atoms with Crippen molar-refractivity contribution in [3.8, 4) is 0 Å². The van der Waals surface area contributed by atoms with Gasteiger partial charge < -0.3 is 21.1 Å². The number of halogens is 3. The second kappa shape index (κ2) is 8.52. The highest BCUT2D eigenvalue weighted by Crippen LogP contribution is 2.30. The van der Waals surface area contributed by atoms with Crippen LogP contribution in [0, 0.1) is 0 Å². The predicted molar refractivity (Wildman–Crippen MR) is 107 cm³/mol. The van der Waals surface area contributed by atoms with Gasteiger partial charge in [0.05, 0.1) is 35.8 Å². The number of benzene rings is 2. The monoisotopic (exact) mass is 443 g/mol. The Morgan fingerprint density at radius 1 is 1.03 bits per heavy atom. The van der Waals surface area contributed by atoms with Crippen molar-refractivity contribution in [2.75, 3.05) is 34.0 Å². The van der Waals surface area contributed by atoms with Crippen molar-refractivity contribution < 1.29 is 31.5 Å². The minimum atomic E-state index is -4.49. The number of rotatable bonds is 6. The lowest BCUT2D eigenvalue weighted by Gasteiger charge is -2.16. The third-order valence-electron chi connectivity index (χ3n) is 4.49. The van der Waals surface area contributed by atoms with E-state index in [1.165, 1.54) is 12.1 Å². The molecular formula is C19H20F3N3O4S. The quantitative estimate of drug-likeness (QED) is 0.546. The molecule has 1 aliphatic heterocycles. The van der Waals surface area contributed by atoms with Crippen LogP contribution in [0.3, 0.4) is 0 Å². The Bertz CT molecular complexity index is 1010. The molecule has 0 bridgehead atoms. The van der Waals surface area contributed by atoms with E-state index in [1.54, 1.807) is 24.3 Å². The van der Waals surface area contributed by atoms with Crippen LogP contribution >= 0.6 is 0 Å². The van der Waals surface area contributed by atoms with Crippen molar-refractivity contribution >= 4 is 32.8 Å². The molecule has 0 aromatic heterocycles. The van der Waals surface area contributed by atoms with Crippen LogP contribution in [0.15, 0.2) is 48.5 Å². The number of sulfone groups is 1. The number of alkyl halides is 3. The normalized spacial score (nSPS) is 20.5. The molecule has 3 rings (SSSR count). The van der Waals surface area contributed by atoms with E-state index in [0.717, 1.165) is 12.1 Å². The molecule has 1 heterocycles. The van der Waals surface area contributed by atoms with Crippen LogP contribution in [-0.4, -0.2) is 49.6 Å². The van der Waals surface area contributed by atoms with Crippen LogP contribution in [0.2, 0.25) is 0 Å². The molecule has 0 aliphatic carbocycles. The molecule has 1 saturated heterocycles. The number of hydrogen-bond acceptors (Lipinski definition) is 6. The summed E-state index contributed by atoms with van der Waals surface area (Å²) in [6, 6.07) is 10.4. The molecule has 4 N–H and O–H groups in total. The molecule has 0 spiro atoms. The number of amides is 1. The molecular weight excluding hydrogens is 423 g/mol. The lowest BCUT2D eigenvalue weighted by atomic mass is 10.2. The van der Waals surface area contributed by atoms with E-state index in [2.05, 4.69) is 16.0 Å². The zero-order valence-corrected chi connectivity index (χ0v) is 16.4. The minimum Gasteiger partial charge on any atom is -0.390 e. The largest absolute Gasteiger partial charge is 0.416 e. The fourth-order valence-corrected chi connectivity index (χ4v) is 4.77. The fraction of sp³-hybridized carbons (Fsp3) is 0.316. The van der Waals surface area contributed by atoms with Crippen LogP contribution in [0.5, 0.6) is 0 Å². The van der Waals surface area contributed by atoms with Gasteiger partial charge >= 0.3 is 6.18 Å². The first-order valence-corrected chi connectivity index (χ1v) is 10.8. The molecule has 2 aromatic carbocycles. The van der Waals surface area contributed by atoms with Gasteiger partial charge in [0.25, 0.3) is 0 Å². The summed E-state index contributed by atoms with van der Waals surface area (Å²) in [5.74, 6) is -0.939. The Kier molecular flexibility index (Phi) is 6.22. The van der Waals surface area contributed by atoms with E-state index in [0.29, 0.717) is 11.4 Å². The molecule has 1 fully saturated rings. The van der Waals surface area contributed by atoms with Crippen LogP contribution in [0.25, 0.3) is 0 Å². The van der Waals surface area contributed by atoms with Gasteiger partial charge in [-0.25, -0.2) is 8.42 Å². The van der Waals surface area contributed by atoms with E-state index in [-0.39, 0.29) is 23.7 Å². The lowest BCUT2D eigenvalue weighted by Crippen LogP contribution is -2.31. The number of carbonyl (C=O) groups excluding carboxylic acids is 1. The summed E-state index contributed by atoms with van der Waals surface area (Å²) in [5.41, 5.74) is 0.382. The Labute approximate surface area is 171 Å². The molecule has 11 heteroatoms. The summed E-state index contributed by atoms with van der Waals surface area (Å²) in [4.78, 5) is 12.0. The van der Waals surface area contributed by atoms with E-state index >= 15 is 0 Å². The van der Waals surface area contributed by atoms with Crippen molar-refractivity contribution in [3.05, 3.63) is 54.1 Å². The van der Waals surface area contributed by atoms with E-state index in [4.69, 9.17) is 0 Å². The highest BCUT2D eigenvalue weighted by atomic mass is 32.2. The zero-order valence-electron chi connectivity index (χ0n) is 15.6. The third-order valence-corrected chi connectivity index (χ3v) is 6.20. The van der Waals surface area contributed by atoms with Gasteiger partial charge in [-0.2, -0.15) is 13.2 Å². The summed E-state index contributed by atoms with van der Waals surface area (Å²) in [7, 11) is -3.26. The van der Waals surface area contributed by atoms with Crippen molar-refractivity contribution in [2.24, 2.45) is 0 Å².